The molecule has 2 unspecified atom stereocenters. The highest BCUT2D eigenvalue weighted by Gasteiger charge is 2.57. The van der Waals surface area contributed by atoms with E-state index in [1.807, 2.05) is 116 Å². The average Bonchev–Trinajstić information content (AvgIpc) is 3.74. The Kier molecular flexibility index (Phi) is 17.6. The van der Waals surface area contributed by atoms with Crippen LogP contribution in [0.5, 0.6) is 0 Å². The Labute approximate surface area is 440 Å². The number of aliphatic hydroxyl groups is 5. The van der Waals surface area contributed by atoms with Crippen LogP contribution in [0.1, 0.15) is 73.5 Å². The normalized spacial score (nSPS) is 38.2. The molecular weight excluding hydrogens is 987 g/mol. The summed E-state index contributed by atoms with van der Waals surface area (Å²) in [7, 11) is 0. The lowest BCUT2D eigenvalue weighted by Gasteiger charge is -2.50. The molecule has 0 bridgehead atoms. The van der Waals surface area contributed by atoms with Crippen LogP contribution in [0, 0.1) is 5.92 Å². The molecule has 0 radical (unpaired) electrons. The van der Waals surface area contributed by atoms with Gasteiger partial charge in [-0.3, -0.25) is 0 Å². The van der Waals surface area contributed by atoms with Crippen molar-refractivity contribution in [2.75, 3.05) is 6.61 Å². The molecular formula is C56H69N3O17. The molecule has 5 heterocycles. The minimum absolute atomic E-state index is 0.0555. The first-order chi connectivity index (χ1) is 36.9. The second-order valence-electron chi connectivity index (χ2n) is 20.6. The van der Waals surface area contributed by atoms with Crippen LogP contribution in [-0.2, 0) is 60.6 Å². The molecule has 4 aromatic carbocycles. The first kappa shape index (κ1) is 54.2. The fourth-order valence-electron chi connectivity index (χ4n) is 11.4. The summed E-state index contributed by atoms with van der Waals surface area (Å²) in [5.41, 5.74) is 9.83. The summed E-state index contributed by atoms with van der Waals surface area (Å²) >= 11 is 0. The molecule has 76 heavy (non-hydrogen) atoms. The summed E-state index contributed by atoms with van der Waals surface area (Å²) in [5, 5.41) is 64.3. The number of amides is 2. The highest BCUT2D eigenvalue weighted by atomic mass is 16.8. The van der Waals surface area contributed by atoms with Crippen molar-refractivity contribution in [3.63, 3.8) is 0 Å². The van der Waals surface area contributed by atoms with E-state index in [-0.39, 0.29) is 31.8 Å². The van der Waals surface area contributed by atoms with Crippen molar-refractivity contribution >= 4 is 12.2 Å². The molecule has 410 valence electrons. The summed E-state index contributed by atoms with van der Waals surface area (Å²) < 4.78 is 63.0. The number of alkyl carbamates (subject to hydrolysis) is 2. The van der Waals surface area contributed by atoms with Crippen molar-refractivity contribution < 1.29 is 82.5 Å². The lowest BCUT2D eigenvalue weighted by atomic mass is 9.80. The van der Waals surface area contributed by atoms with Gasteiger partial charge in [0, 0.05) is 6.04 Å². The molecule has 2 amide bonds. The Balaban J connectivity index is 0.860. The van der Waals surface area contributed by atoms with E-state index in [4.69, 9.17) is 53.1 Å². The van der Waals surface area contributed by atoms with E-state index < -0.39 is 135 Å². The Morgan fingerprint density at radius 2 is 0.974 bits per heavy atom. The minimum Gasteiger partial charge on any atom is -0.445 e. The quantitative estimate of drug-likeness (QED) is 0.0845. The largest absolute Gasteiger partial charge is 0.445 e. The molecule has 9 N–H and O–H groups in total. The van der Waals surface area contributed by atoms with Crippen LogP contribution >= 0.6 is 0 Å². The topological polar surface area (TPSA) is 278 Å². The fraction of sp³-hybridized carbons (Fsp3) is 0.536. The van der Waals surface area contributed by atoms with Crippen LogP contribution in [-0.4, -0.2) is 155 Å². The summed E-state index contributed by atoms with van der Waals surface area (Å²) in [6, 6.07) is 33.9. The van der Waals surface area contributed by atoms with Crippen molar-refractivity contribution in [1.29, 1.82) is 0 Å². The standard InChI is InChI=1S/C56H69N3O17/c1-30-26-35(57)43(61)51(47(30)74-52-41(58-55(65)67-28-31-14-6-2-7-15-31)44(62)48-38(71-52)24-22-36(69-48)33-18-10-4-11-19-33)76-54-46(64)50(40(27-60)73-54)75-53-42(59-56(66)68-29-32-16-8-3-9-17-32)45(63)49-39(72-53)25-23-37(70-49)34-20-12-5-13-21-34/h2-21,30,35-54,60-64H,22-29,57H2,1H3,(H,58,65)(H,59,66)/t30-,35+,36?,37?,38+,39-,40+,41+,42+,43-,44-,45+,46+,47+,48+,49+,50+,51+,52+,53+,54-/m0/s1. The van der Waals surface area contributed by atoms with E-state index in [0.717, 1.165) is 22.3 Å². The number of aliphatic hydroxyl groups excluding tert-OH is 5. The maximum Gasteiger partial charge on any atom is 0.407 e. The number of ether oxygens (including phenoxy) is 10. The lowest BCUT2D eigenvalue weighted by Crippen LogP contribution is -2.68. The minimum atomic E-state index is -1.67. The molecule has 1 saturated carbocycles. The number of benzene rings is 4. The summed E-state index contributed by atoms with van der Waals surface area (Å²) in [6.45, 7) is 1.03. The second-order valence-corrected chi connectivity index (χ2v) is 20.6. The molecule has 6 aliphatic rings. The van der Waals surface area contributed by atoms with E-state index in [0.29, 0.717) is 25.7 Å². The Morgan fingerprint density at radius 3 is 1.43 bits per heavy atom. The van der Waals surface area contributed by atoms with Gasteiger partial charge in [0.15, 0.2) is 18.9 Å². The number of nitrogens with one attached hydrogen (secondary N) is 2. The number of hydrogen-bond acceptors (Lipinski definition) is 18. The zero-order valence-electron chi connectivity index (χ0n) is 42.0. The third-order valence-corrected chi connectivity index (χ3v) is 15.4. The summed E-state index contributed by atoms with van der Waals surface area (Å²) in [5.74, 6) is -0.449. The van der Waals surface area contributed by atoms with Crippen molar-refractivity contribution in [2.45, 2.75) is 175 Å². The van der Waals surface area contributed by atoms with Gasteiger partial charge in [-0.1, -0.05) is 128 Å². The number of fused-ring (bicyclic) bond motifs is 2. The van der Waals surface area contributed by atoms with E-state index in [2.05, 4.69) is 10.6 Å². The molecule has 6 fully saturated rings. The van der Waals surface area contributed by atoms with Crippen LogP contribution in [0.4, 0.5) is 9.59 Å². The number of rotatable bonds is 15. The number of carbonyl (C=O) groups excluding carboxylic acids is 2. The third kappa shape index (κ3) is 12.3. The average molecular weight is 1060 g/mol. The molecule has 10 rings (SSSR count). The van der Waals surface area contributed by atoms with Crippen molar-refractivity contribution in [3.8, 4) is 0 Å². The maximum absolute atomic E-state index is 13.5. The van der Waals surface area contributed by atoms with E-state index >= 15 is 0 Å². The molecule has 0 spiro atoms. The van der Waals surface area contributed by atoms with Gasteiger partial charge in [-0.05, 0) is 60.3 Å². The van der Waals surface area contributed by atoms with Gasteiger partial charge < -0.3 is 89.3 Å². The van der Waals surface area contributed by atoms with Crippen molar-refractivity contribution in [3.05, 3.63) is 144 Å². The first-order valence-electron chi connectivity index (χ1n) is 26.3. The molecule has 20 heteroatoms. The van der Waals surface area contributed by atoms with E-state index in [9.17, 15) is 35.1 Å². The van der Waals surface area contributed by atoms with Crippen molar-refractivity contribution in [1.82, 2.24) is 10.6 Å². The number of carbonyl (C=O) groups is 2. The predicted molar refractivity (Wildman–Crippen MR) is 267 cm³/mol. The predicted octanol–water partition coefficient (Wildman–Crippen LogP) is 3.55. The third-order valence-electron chi connectivity index (χ3n) is 15.4. The van der Waals surface area contributed by atoms with E-state index in [1.54, 1.807) is 12.1 Å². The van der Waals surface area contributed by atoms with Gasteiger partial charge in [0.25, 0.3) is 0 Å². The smallest absolute Gasteiger partial charge is 0.407 e. The Morgan fingerprint density at radius 1 is 0.539 bits per heavy atom. The molecule has 5 aliphatic heterocycles. The fourth-order valence-corrected chi connectivity index (χ4v) is 11.4. The molecule has 20 nitrogen and oxygen atoms in total. The molecule has 1 aliphatic carbocycles. The maximum atomic E-state index is 13.5. The highest BCUT2D eigenvalue weighted by molar-refractivity contribution is 5.68. The van der Waals surface area contributed by atoms with Crippen LogP contribution in [0.25, 0.3) is 0 Å². The van der Waals surface area contributed by atoms with E-state index in [1.165, 1.54) is 0 Å². The first-order valence-corrected chi connectivity index (χ1v) is 26.3. The lowest BCUT2D eigenvalue weighted by molar-refractivity contribution is -0.328. The van der Waals surface area contributed by atoms with Gasteiger partial charge in [-0.25, -0.2) is 9.59 Å². The van der Waals surface area contributed by atoms with Gasteiger partial charge >= 0.3 is 12.2 Å². The van der Waals surface area contributed by atoms with Crippen LogP contribution in [0.2, 0.25) is 0 Å². The molecule has 4 aromatic rings. The molecule has 21 atom stereocenters. The molecule has 5 saturated heterocycles. The van der Waals surface area contributed by atoms with Crippen LogP contribution in [0.3, 0.4) is 0 Å². The number of nitrogens with two attached hydrogens (primary N) is 1. The van der Waals surface area contributed by atoms with Gasteiger partial charge in [0.1, 0.15) is 74.1 Å². The monoisotopic (exact) mass is 1060 g/mol. The van der Waals surface area contributed by atoms with Crippen LogP contribution < -0.4 is 16.4 Å². The SMILES string of the molecule is C[C@H]1C[C@@H](N)[C@H](O)[C@@H](O[C@@H]2O[C@H](CO)[C@@H](O[C@H]3O[C@H]4CCC(c5ccccc5)O[C@H]4[C@H](O)[C@H]3NC(=O)OCc3ccccc3)[C@H]2O)[C@@H]1O[C@H]1O[C@@H]2CCC(c3ccccc3)O[C@H]2[C@@H](O)[C@H]1NC(=O)OCc1ccccc1. The number of hydrogen-bond donors (Lipinski definition) is 8. The van der Waals surface area contributed by atoms with Gasteiger partial charge in [-0.2, -0.15) is 0 Å². The summed E-state index contributed by atoms with van der Waals surface area (Å²) in [4.78, 5) is 27.0. The van der Waals surface area contributed by atoms with Gasteiger partial charge in [0.2, 0.25) is 0 Å². The zero-order chi connectivity index (χ0) is 52.9. The Hall–Kier alpha value is -5.14. The Bertz CT molecular complexity index is 2470. The summed E-state index contributed by atoms with van der Waals surface area (Å²) in [6.07, 6.45) is -18.6. The van der Waals surface area contributed by atoms with Crippen molar-refractivity contribution in [2.24, 2.45) is 11.7 Å². The molecule has 0 aromatic heterocycles. The van der Waals surface area contributed by atoms with Gasteiger partial charge in [0.05, 0.1) is 43.2 Å². The van der Waals surface area contributed by atoms with Gasteiger partial charge in [-0.15, -0.1) is 0 Å². The zero-order valence-corrected chi connectivity index (χ0v) is 42.0. The highest BCUT2D eigenvalue weighted by Crippen LogP contribution is 2.43. The van der Waals surface area contributed by atoms with Crippen LogP contribution in [0.15, 0.2) is 121 Å². The second kappa shape index (κ2) is 24.7.